The van der Waals surface area contributed by atoms with Crippen LogP contribution in [0.2, 0.25) is 10.0 Å². The third-order valence-electron chi connectivity index (χ3n) is 5.32. The molecule has 6 nitrogen and oxygen atoms in total. The lowest BCUT2D eigenvalue weighted by Gasteiger charge is -2.32. The minimum absolute atomic E-state index is 0.135. The Labute approximate surface area is 178 Å². The fourth-order valence-electron chi connectivity index (χ4n) is 3.84. The smallest absolute Gasteiger partial charge is 0.353 e. The zero-order valence-corrected chi connectivity index (χ0v) is 17.2. The van der Waals surface area contributed by atoms with Crippen molar-refractivity contribution in [1.82, 2.24) is 14.3 Å². The second kappa shape index (κ2) is 8.61. The van der Waals surface area contributed by atoms with Gasteiger partial charge in [-0.05, 0) is 55.6 Å². The fourth-order valence-corrected chi connectivity index (χ4v) is 4.38. The predicted molar refractivity (Wildman–Crippen MR) is 113 cm³/mol. The Morgan fingerprint density at radius 1 is 1.14 bits per heavy atom. The summed E-state index contributed by atoms with van der Waals surface area (Å²) in [7, 11) is 0. The van der Waals surface area contributed by atoms with E-state index in [1.807, 2.05) is 12.1 Å². The summed E-state index contributed by atoms with van der Waals surface area (Å²) in [6.07, 6.45) is 5.28. The zero-order chi connectivity index (χ0) is 20.4. The molecule has 0 radical (unpaired) electrons. The third-order valence-corrected chi connectivity index (χ3v) is 5.75. The summed E-state index contributed by atoms with van der Waals surface area (Å²) in [5.74, 6) is -0.0319. The standard InChI is InChI=1S/C21H21Cl2N3O3/c22-16-9-15(10-17(23)11-16)14-1-4-25(5-2-14)7-8-29-18-12-19(21(27)28)26-6-3-24-20(26)13-18/h3,6,9-14H,1-2,4-5,7-8H2,(H,27,28). The Morgan fingerprint density at radius 2 is 1.86 bits per heavy atom. The van der Waals surface area contributed by atoms with Crippen LogP contribution in [-0.2, 0) is 0 Å². The van der Waals surface area contributed by atoms with E-state index < -0.39 is 5.97 Å². The Hall–Kier alpha value is -2.28. The summed E-state index contributed by atoms with van der Waals surface area (Å²) in [6.45, 7) is 3.21. The number of carboxylic acid groups (broad SMARTS) is 1. The molecule has 0 aliphatic carbocycles. The molecule has 0 bridgehead atoms. The van der Waals surface area contributed by atoms with Crippen molar-refractivity contribution >= 4 is 34.8 Å². The molecule has 3 aromatic rings. The second-order valence-corrected chi connectivity index (χ2v) is 8.08. The Balaban J connectivity index is 1.31. The number of carboxylic acids is 1. The van der Waals surface area contributed by atoms with Gasteiger partial charge in [-0.25, -0.2) is 9.78 Å². The van der Waals surface area contributed by atoms with Crippen molar-refractivity contribution < 1.29 is 14.6 Å². The van der Waals surface area contributed by atoms with E-state index in [9.17, 15) is 9.90 Å². The molecule has 8 heteroatoms. The highest BCUT2D eigenvalue weighted by atomic mass is 35.5. The van der Waals surface area contributed by atoms with Crippen LogP contribution in [0.1, 0.15) is 34.8 Å². The fraction of sp³-hybridized carbons (Fsp3) is 0.333. The van der Waals surface area contributed by atoms with Crippen LogP contribution < -0.4 is 4.74 Å². The van der Waals surface area contributed by atoms with E-state index in [-0.39, 0.29) is 5.69 Å². The molecular formula is C21H21Cl2N3O3. The normalized spacial score (nSPS) is 15.7. The number of benzene rings is 1. The Morgan fingerprint density at radius 3 is 2.55 bits per heavy atom. The molecule has 1 aliphatic heterocycles. The maximum Gasteiger partial charge on any atom is 0.353 e. The molecule has 0 atom stereocenters. The molecule has 0 amide bonds. The number of nitrogens with zero attached hydrogens (tertiary/aromatic N) is 3. The van der Waals surface area contributed by atoms with Gasteiger partial charge in [-0.2, -0.15) is 0 Å². The molecule has 0 unspecified atom stereocenters. The average Bonchev–Trinajstić information content (AvgIpc) is 3.15. The van der Waals surface area contributed by atoms with E-state index in [1.54, 1.807) is 24.5 Å². The number of hydrogen-bond acceptors (Lipinski definition) is 4. The van der Waals surface area contributed by atoms with Crippen molar-refractivity contribution in [2.24, 2.45) is 0 Å². The molecule has 1 aromatic carbocycles. The first-order chi connectivity index (χ1) is 14.0. The molecule has 1 fully saturated rings. The lowest BCUT2D eigenvalue weighted by molar-refractivity contribution is 0.0688. The highest BCUT2D eigenvalue weighted by molar-refractivity contribution is 6.34. The second-order valence-electron chi connectivity index (χ2n) is 7.20. The van der Waals surface area contributed by atoms with Crippen LogP contribution >= 0.6 is 23.2 Å². The number of halogens is 2. The number of fused-ring (bicyclic) bond motifs is 1. The highest BCUT2D eigenvalue weighted by Gasteiger charge is 2.21. The van der Waals surface area contributed by atoms with Crippen LogP contribution in [-0.4, -0.2) is 51.6 Å². The van der Waals surface area contributed by atoms with Crippen molar-refractivity contribution in [2.45, 2.75) is 18.8 Å². The number of aromatic carboxylic acids is 1. The average molecular weight is 434 g/mol. The molecule has 0 saturated carbocycles. The molecule has 1 N–H and O–H groups in total. The van der Waals surface area contributed by atoms with E-state index in [0.29, 0.717) is 34.0 Å². The van der Waals surface area contributed by atoms with Gasteiger partial charge in [0.25, 0.3) is 0 Å². The molecule has 29 heavy (non-hydrogen) atoms. The topological polar surface area (TPSA) is 67.1 Å². The van der Waals surface area contributed by atoms with Gasteiger partial charge in [0, 0.05) is 41.1 Å². The van der Waals surface area contributed by atoms with E-state index >= 15 is 0 Å². The van der Waals surface area contributed by atoms with Crippen LogP contribution in [0.25, 0.3) is 5.65 Å². The Bertz CT molecular complexity index is 1010. The number of pyridine rings is 1. The van der Waals surface area contributed by atoms with E-state index in [1.165, 1.54) is 16.0 Å². The number of rotatable bonds is 6. The van der Waals surface area contributed by atoms with Crippen molar-refractivity contribution in [3.8, 4) is 5.75 Å². The van der Waals surface area contributed by atoms with Gasteiger partial charge in [-0.1, -0.05) is 23.2 Å². The molecule has 0 spiro atoms. The SMILES string of the molecule is O=C(O)c1cc(OCCN2CCC(c3cc(Cl)cc(Cl)c3)CC2)cc2nccn12. The number of hydrogen-bond donors (Lipinski definition) is 1. The lowest BCUT2D eigenvalue weighted by Crippen LogP contribution is -2.35. The van der Waals surface area contributed by atoms with E-state index in [0.717, 1.165) is 32.5 Å². The van der Waals surface area contributed by atoms with Gasteiger partial charge in [0.05, 0.1) is 0 Å². The molecular weight excluding hydrogens is 413 g/mol. The van der Waals surface area contributed by atoms with E-state index in [2.05, 4.69) is 9.88 Å². The van der Waals surface area contributed by atoms with Crippen LogP contribution in [0.5, 0.6) is 5.75 Å². The monoisotopic (exact) mass is 433 g/mol. The molecule has 3 heterocycles. The first-order valence-electron chi connectivity index (χ1n) is 9.51. The summed E-state index contributed by atoms with van der Waals surface area (Å²) < 4.78 is 7.36. The quantitative estimate of drug-likeness (QED) is 0.615. The summed E-state index contributed by atoms with van der Waals surface area (Å²) in [5, 5.41) is 10.7. The molecule has 1 aliphatic rings. The first kappa shape index (κ1) is 20.0. The number of carbonyl (C=O) groups is 1. The van der Waals surface area contributed by atoms with Gasteiger partial charge >= 0.3 is 5.97 Å². The maximum absolute atomic E-state index is 11.4. The lowest BCUT2D eigenvalue weighted by atomic mass is 9.89. The third kappa shape index (κ3) is 4.66. The molecule has 1 saturated heterocycles. The van der Waals surface area contributed by atoms with Gasteiger partial charge in [0.2, 0.25) is 0 Å². The number of piperidine rings is 1. The number of ether oxygens (including phenoxy) is 1. The summed E-state index contributed by atoms with van der Waals surface area (Å²) in [5.41, 5.74) is 1.89. The number of imidazole rings is 1. The van der Waals surface area contributed by atoms with Gasteiger partial charge in [-0.3, -0.25) is 9.30 Å². The highest BCUT2D eigenvalue weighted by Crippen LogP contribution is 2.31. The minimum Gasteiger partial charge on any atom is -0.492 e. The summed E-state index contributed by atoms with van der Waals surface area (Å²) >= 11 is 12.3. The van der Waals surface area contributed by atoms with Gasteiger partial charge in [-0.15, -0.1) is 0 Å². The van der Waals surface area contributed by atoms with Gasteiger partial charge < -0.3 is 9.84 Å². The maximum atomic E-state index is 11.4. The molecule has 2 aromatic heterocycles. The predicted octanol–water partition coefficient (Wildman–Crippen LogP) is 4.60. The Kier molecular flexibility index (Phi) is 5.94. The number of aromatic nitrogens is 2. The number of likely N-dealkylation sites (tertiary alicyclic amines) is 1. The van der Waals surface area contributed by atoms with Crippen molar-refractivity contribution in [3.63, 3.8) is 0 Å². The zero-order valence-electron chi connectivity index (χ0n) is 15.7. The summed E-state index contributed by atoms with van der Waals surface area (Å²) in [6, 6.07) is 9.05. The van der Waals surface area contributed by atoms with Crippen LogP contribution in [0, 0.1) is 0 Å². The first-order valence-corrected chi connectivity index (χ1v) is 10.3. The van der Waals surface area contributed by atoms with Crippen molar-refractivity contribution in [2.75, 3.05) is 26.2 Å². The van der Waals surface area contributed by atoms with Crippen LogP contribution in [0.15, 0.2) is 42.7 Å². The van der Waals surface area contributed by atoms with Crippen LogP contribution in [0.3, 0.4) is 0 Å². The molecule has 152 valence electrons. The van der Waals surface area contributed by atoms with Gasteiger partial charge in [0.1, 0.15) is 23.7 Å². The van der Waals surface area contributed by atoms with Crippen molar-refractivity contribution in [3.05, 3.63) is 64.0 Å². The van der Waals surface area contributed by atoms with Crippen LogP contribution in [0.4, 0.5) is 0 Å². The minimum atomic E-state index is -1.01. The summed E-state index contributed by atoms with van der Waals surface area (Å²) in [4.78, 5) is 18.0. The van der Waals surface area contributed by atoms with Gasteiger partial charge in [0.15, 0.2) is 0 Å². The van der Waals surface area contributed by atoms with Crippen molar-refractivity contribution in [1.29, 1.82) is 0 Å². The van der Waals surface area contributed by atoms with E-state index in [4.69, 9.17) is 27.9 Å². The molecule has 4 rings (SSSR count). The largest absolute Gasteiger partial charge is 0.492 e.